The summed E-state index contributed by atoms with van der Waals surface area (Å²) >= 11 is 5.93. The fourth-order valence-corrected chi connectivity index (χ4v) is 2.24. The molecule has 0 saturated carbocycles. The molecule has 0 amide bonds. The number of hydrogen-bond donors (Lipinski definition) is 1. The highest BCUT2D eigenvalue weighted by Crippen LogP contribution is 2.26. The van der Waals surface area contributed by atoms with E-state index in [0.29, 0.717) is 21.9 Å². The summed E-state index contributed by atoms with van der Waals surface area (Å²) in [6, 6.07) is 9.65. The fraction of sp³-hybridized carbons (Fsp3) is 0.158. The predicted molar refractivity (Wildman–Crippen MR) is 93.8 cm³/mol. The van der Waals surface area contributed by atoms with E-state index in [1.165, 1.54) is 19.3 Å². The first kappa shape index (κ1) is 17.8. The lowest BCUT2D eigenvalue weighted by molar-refractivity contribution is -0.113. The predicted octanol–water partition coefficient (Wildman–Crippen LogP) is 4.22. The van der Waals surface area contributed by atoms with Crippen LogP contribution in [0.15, 0.2) is 42.5 Å². The van der Waals surface area contributed by atoms with Gasteiger partial charge < -0.3 is 9.84 Å². The van der Waals surface area contributed by atoms with Crippen LogP contribution in [-0.2, 0) is 4.79 Å². The van der Waals surface area contributed by atoms with Gasteiger partial charge in [0.05, 0.1) is 13.5 Å². The van der Waals surface area contributed by atoms with E-state index in [4.69, 9.17) is 16.3 Å². The third-order valence-electron chi connectivity index (χ3n) is 3.48. The number of aromatic hydroxyl groups is 1. The Morgan fingerprint density at radius 1 is 1.21 bits per heavy atom. The zero-order valence-electron chi connectivity index (χ0n) is 13.4. The van der Waals surface area contributed by atoms with Gasteiger partial charge in [-0.1, -0.05) is 23.7 Å². The molecule has 0 aliphatic heterocycles. The normalized spacial score (nSPS) is 10.8. The van der Waals surface area contributed by atoms with E-state index in [0.717, 1.165) is 5.56 Å². The Morgan fingerprint density at radius 3 is 2.62 bits per heavy atom. The van der Waals surface area contributed by atoms with Crippen molar-refractivity contribution >= 4 is 29.2 Å². The molecule has 0 fully saturated rings. The summed E-state index contributed by atoms with van der Waals surface area (Å²) in [5, 5.41) is 10.1. The van der Waals surface area contributed by atoms with Crippen molar-refractivity contribution in [2.24, 2.45) is 0 Å². The van der Waals surface area contributed by atoms with E-state index in [9.17, 15) is 14.7 Å². The van der Waals surface area contributed by atoms with Crippen LogP contribution in [0.2, 0.25) is 5.02 Å². The summed E-state index contributed by atoms with van der Waals surface area (Å²) in [6.07, 6.45) is 2.70. The number of carbonyl (C=O) groups excluding carboxylic acids is 2. The average Bonchev–Trinajstić information content (AvgIpc) is 2.56. The average molecular weight is 345 g/mol. The Morgan fingerprint density at radius 2 is 1.96 bits per heavy atom. The first-order valence-corrected chi connectivity index (χ1v) is 7.66. The van der Waals surface area contributed by atoms with Crippen LogP contribution < -0.4 is 4.74 Å². The SMILES string of the molecule is COc1cc(/C=C/C(=O)CC(=O)c2ccc(Cl)c(C)c2)ccc1O. The van der Waals surface area contributed by atoms with Crippen molar-refractivity contribution in [1.29, 1.82) is 0 Å². The molecule has 0 aliphatic rings. The third kappa shape index (κ3) is 4.46. The van der Waals surface area contributed by atoms with Crippen molar-refractivity contribution in [1.82, 2.24) is 0 Å². The highest BCUT2D eigenvalue weighted by Gasteiger charge is 2.11. The fourth-order valence-electron chi connectivity index (χ4n) is 2.12. The van der Waals surface area contributed by atoms with Gasteiger partial charge in [-0.3, -0.25) is 9.59 Å². The van der Waals surface area contributed by atoms with Crippen molar-refractivity contribution in [2.45, 2.75) is 13.3 Å². The molecular weight excluding hydrogens is 328 g/mol. The number of aryl methyl sites for hydroxylation is 1. The van der Waals surface area contributed by atoms with Crippen molar-refractivity contribution in [3.63, 3.8) is 0 Å². The molecule has 124 valence electrons. The molecule has 24 heavy (non-hydrogen) atoms. The molecule has 0 spiro atoms. The molecule has 1 N–H and O–H groups in total. The molecule has 0 unspecified atom stereocenters. The molecule has 0 saturated heterocycles. The van der Waals surface area contributed by atoms with E-state index in [2.05, 4.69) is 0 Å². The van der Waals surface area contributed by atoms with Crippen LogP contribution >= 0.6 is 11.6 Å². The number of ketones is 2. The quantitative estimate of drug-likeness (QED) is 0.484. The van der Waals surface area contributed by atoms with Gasteiger partial charge in [-0.15, -0.1) is 0 Å². The maximum atomic E-state index is 12.1. The molecule has 0 aliphatic carbocycles. The van der Waals surface area contributed by atoms with Crippen molar-refractivity contribution < 1.29 is 19.4 Å². The summed E-state index contributed by atoms with van der Waals surface area (Å²) in [5.41, 5.74) is 1.94. The number of halogens is 1. The molecule has 2 rings (SSSR count). The first-order chi connectivity index (χ1) is 11.4. The molecule has 5 heteroatoms. The Hall–Kier alpha value is -2.59. The number of carbonyl (C=O) groups is 2. The minimum atomic E-state index is -0.306. The second kappa shape index (κ2) is 7.79. The van der Waals surface area contributed by atoms with Gasteiger partial charge in [0.1, 0.15) is 0 Å². The minimum Gasteiger partial charge on any atom is -0.504 e. The molecule has 4 nitrogen and oxygen atoms in total. The van der Waals surface area contributed by atoms with Crippen LogP contribution in [0.1, 0.15) is 27.9 Å². The van der Waals surface area contributed by atoms with E-state index in [1.54, 1.807) is 43.3 Å². The lowest BCUT2D eigenvalue weighted by Gasteiger charge is -2.04. The maximum Gasteiger partial charge on any atom is 0.170 e. The summed E-state index contributed by atoms with van der Waals surface area (Å²) in [7, 11) is 1.44. The van der Waals surface area contributed by atoms with Gasteiger partial charge in [-0.05, 0) is 54.5 Å². The smallest absolute Gasteiger partial charge is 0.170 e. The molecule has 2 aromatic carbocycles. The molecule has 0 aromatic heterocycles. The molecule has 0 heterocycles. The Balaban J connectivity index is 2.04. The standard InChI is InChI=1S/C19H17ClO4/c1-12-9-14(5-7-16(12)20)18(23)11-15(21)6-3-13-4-8-17(22)19(10-13)24-2/h3-10,22H,11H2,1-2H3/b6-3+. The van der Waals surface area contributed by atoms with Crippen LogP contribution in [0.25, 0.3) is 6.08 Å². The zero-order chi connectivity index (χ0) is 17.7. The van der Waals surface area contributed by atoms with Crippen LogP contribution in [0.3, 0.4) is 0 Å². The van der Waals surface area contributed by atoms with Crippen LogP contribution in [0, 0.1) is 6.92 Å². The third-order valence-corrected chi connectivity index (χ3v) is 3.90. The maximum absolute atomic E-state index is 12.1. The molecule has 2 aromatic rings. The summed E-state index contributed by atoms with van der Waals surface area (Å²) < 4.78 is 5.00. The van der Waals surface area contributed by atoms with Gasteiger partial charge in [0.25, 0.3) is 0 Å². The number of benzene rings is 2. The highest BCUT2D eigenvalue weighted by atomic mass is 35.5. The van der Waals surface area contributed by atoms with Crippen molar-refractivity contribution in [3.05, 3.63) is 64.2 Å². The highest BCUT2D eigenvalue weighted by molar-refractivity contribution is 6.31. The Bertz CT molecular complexity index is 809. The summed E-state index contributed by atoms with van der Waals surface area (Å²) in [4.78, 5) is 24.1. The summed E-state index contributed by atoms with van der Waals surface area (Å²) in [6.45, 7) is 1.80. The molecule has 0 radical (unpaired) electrons. The minimum absolute atomic E-state index is 0.0225. The Labute approximate surface area is 145 Å². The second-order valence-corrected chi connectivity index (χ2v) is 5.70. The molecule has 0 bridgehead atoms. The lowest BCUT2D eigenvalue weighted by atomic mass is 10.0. The van der Waals surface area contributed by atoms with E-state index in [-0.39, 0.29) is 23.7 Å². The molecule has 0 atom stereocenters. The van der Waals surface area contributed by atoms with Gasteiger partial charge in [0, 0.05) is 10.6 Å². The van der Waals surface area contributed by atoms with E-state index in [1.807, 2.05) is 0 Å². The zero-order valence-corrected chi connectivity index (χ0v) is 14.1. The van der Waals surface area contributed by atoms with Crippen molar-refractivity contribution in [3.8, 4) is 11.5 Å². The van der Waals surface area contributed by atoms with Crippen LogP contribution in [0.5, 0.6) is 11.5 Å². The van der Waals surface area contributed by atoms with Crippen LogP contribution in [0.4, 0.5) is 0 Å². The largest absolute Gasteiger partial charge is 0.504 e. The topological polar surface area (TPSA) is 63.6 Å². The number of methoxy groups -OCH3 is 1. The van der Waals surface area contributed by atoms with Crippen LogP contribution in [-0.4, -0.2) is 23.8 Å². The van der Waals surface area contributed by atoms with Gasteiger partial charge in [0.2, 0.25) is 0 Å². The van der Waals surface area contributed by atoms with E-state index < -0.39 is 0 Å². The lowest BCUT2D eigenvalue weighted by Crippen LogP contribution is -2.06. The van der Waals surface area contributed by atoms with Gasteiger partial charge in [-0.25, -0.2) is 0 Å². The van der Waals surface area contributed by atoms with Gasteiger partial charge in [0.15, 0.2) is 23.1 Å². The number of Topliss-reactive ketones (excluding diaryl/α,β-unsaturated/α-hetero) is 1. The monoisotopic (exact) mass is 344 g/mol. The first-order valence-electron chi connectivity index (χ1n) is 7.28. The number of rotatable bonds is 6. The number of hydrogen-bond acceptors (Lipinski definition) is 4. The number of ether oxygens (including phenoxy) is 1. The number of phenols is 1. The number of phenolic OH excluding ortho intramolecular Hbond substituents is 1. The van der Waals surface area contributed by atoms with Gasteiger partial charge >= 0.3 is 0 Å². The molecular formula is C19H17ClO4. The second-order valence-electron chi connectivity index (χ2n) is 5.29. The van der Waals surface area contributed by atoms with Gasteiger partial charge in [-0.2, -0.15) is 0 Å². The van der Waals surface area contributed by atoms with Crippen molar-refractivity contribution in [2.75, 3.05) is 7.11 Å². The summed E-state index contributed by atoms with van der Waals surface area (Å²) in [5.74, 6) is -0.223. The van der Waals surface area contributed by atoms with E-state index >= 15 is 0 Å². The Kier molecular flexibility index (Phi) is 5.77. The number of allylic oxidation sites excluding steroid dienone is 1.